The van der Waals surface area contributed by atoms with Crippen LogP contribution in [0.1, 0.15) is 18.2 Å². The van der Waals surface area contributed by atoms with E-state index >= 15 is 0 Å². The van der Waals surface area contributed by atoms with Crippen LogP contribution in [0.5, 0.6) is 0 Å². The molecule has 0 bridgehead atoms. The van der Waals surface area contributed by atoms with Crippen molar-refractivity contribution in [3.05, 3.63) is 11.3 Å². The maximum Gasteiger partial charge on any atom is 0.127 e. The van der Waals surface area contributed by atoms with Crippen LogP contribution in [0.2, 0.25) is 0 Å². The highest BCUT2D eigenvalue weighted by molar-refractivity contribution is 7.10. The highest BCUT2D eigenvalue weighted by atomic mass is 32.1. The van der Waals surface area contributed by atoms with E-state index in [0.717, 1.165) is 10.7 Å². The number of rotatable bonds is 3. The number of hydrogen-bond donors (Lipinski definition) is 2. The summed E-state index contributed by atoms with van der Waals surface area (Å²) < 4.78 is 4.04. The fourth-order valence-corrected chi connectivity index (χ4v) is 1.61. The smallest absolute Gasteiger partial charge is 0.127 e. The molecule has 0 fully saturated rings. The third kappa shape index (κ3) is 2.41. The molecule has 0 saturated carbocycles. The summed E-state index contributed by atoms with van der Waals surface area (Å²) in [6.07, 6.45) is -0.422. The van der Waals surface area contributed by atoms with Crippen molar-refractivity contribution in [1.82, 2.24) is 4.37 Å². The Morgan fingerprint density at radius 1 is 1.77 bits per heavy atom. The Morgan fingerprint density at radius 3 is 3.00 bits per heavy atom. The molecular weight excluding hydrogens is 186 g/mol. The van der Waals surface area contributed by atoms with Crippen LogP contribution < -0.4 is 5.32 Å². The van der Waals surface area contributed by atoms with E-state index in [1.165, 1.54) is 11.5 Å². The van der Waals surface area contributed by atoms with E-state index in [9.17, 15) is 0 Å². The second-order valence-electron chi connectivity index (χ2n) is 2.81. The van der Waals surface area contributed by atoms with Gasteiger partial charge in [0.25, 0.3) is 0 Å². The Kier molecular flexibility index (Phi) is 3.23. The van der Waals surface area contributed by atoms with E-state index in [4.69, 9.17) is 10.4 Å². The Morgan fingerprint density at radius 2 is 2.46 bits per heavy atom. The zero-order chi connectivity index (χ0) is 9.84. The Balaban J connectivity index is 2.73. The number of aromatic nitrogens is 1. The van der Waals surface area contributed by atoms with Crippen molar-refractivity contribution in [1.29, 1.82) is 5.26 Å². The van der Waals surface area contributed by atoms with Crippen LogP contribution in [0.3, 0.4) is 0 Å². The second kappa shape index (κ2) is 4.21. The van der Waals surface area contributed by atoms with Gasteiger partial charge in [-0.15, -0.1) is 0 Å². The van der Waals surface area contributed by atoms with Gasteiger partial charge in [0.05, 0.1) is 11.8 Å². The van der Waals surface area contributed by atoms with Crippen molar-refractivity contribution >= 4 is 16.5 Å². The van der Waals surface area contributed by atoms with Gasteiger partial charge in [0.2, 0.25) is 0 Å². The number of nitriles is 1. The molecule has 1 aromatic heterocycles. The summed E-state index contributed by atoms with van der Waals surface area (Å²) in [4.78, 5) is 0. The minimum atomic E-state index is -0.422. The average Bonchev–Trinajstić information content (AvgIpc) is 2.42. The van der Waals surface area contributed by atoms with Crippen molar-refractivity contribution in [3.63, 3.8) is 0 Å². The molecule has 2 N–H and O–H groups in total. The van der Waals surface area contributed by atoms with Gasteiger partial charge in [-0.1, -0.05) is 0 Å². The van der Waals surface area contributed by atoms with Crippen LogP contribution >= 0.6 is 11.5 Å². The van der Waals surface area contributed by atoms with Gasteiger partial charge < -0.3 is 10.4 Å². The van der Waals surface area contributed by atoms with Gasteiger partial charge in [-0.3, -0.25) is 0 Å². The fourth-order valence-electron chi connectivity index (χ4n) is 0.862. The van der Waals surface area contributed by atoms with E-state index in [1.807, 2.05) is 0 Å². The van der Waals surface area contributed by atoms with Gasteiger partial charge in [-0.05, 0) is 25.4 Å². The number of hydrogen-bond acceptors (Lipinski definition) is 5. The number of nitrogens with one attached hydrogen (secondary N) is 1. The molecule has 0 amide bonds. The normalized spacial score (nSPS) is 12.2. The molecule has 1 unspecified atom stereocenters. The van der Waals surface area contributed by atoms with Crippen molar-refractivity contribution in [2.75, 3.05) is 11.9 Å². The molecule has 1 rings (SSSR count). The van der Waals surface area contributed by atoms with E-state index < -0.39 is 6.10 Å². The van der Waals surface area contributed by atoms with Crippen molar-refractivity contribution in [3.8, 4) is 6.07 Å². The molecule has 1 heterocycles. The molecule has 1 atom stereocenters. The Labute approximate surface area is 81.0 Å². The lowest BCUT2D eigenvalue weighted by Crippen LogP contribution is -2.15. The molecule has 0 aliphatic rings. The first-order valence-electron chi connectivity index (χ1n) is 3.93. The molecule has 0 aromatic carbocycles. The minimum Gasteiger partial charge on any atom is -0.392 e. The summed E-state index contributed by atoms with van der Waals surface area (Å²) in [6, 6.07) is 2.07. The standard InChI is InChI=1S/C8H11N3OS/c1-5(12)4-10-8-7(3-9)6(2)11-13-8/h5,10,12H,4H2,1-2H3. The van der Waals surface area contributed by atoms with Gasteiger partial charge in [0, 0.05) is 6.54 Å². The molecular formula is C8H11N3OS. The summed E-state index contributed by atoms with van der Waals surface area (Å²) in [7, 11) is 0. The summed E-state index contributed by atoms with van der Waals surface area (Å²) in [6.45, 7) is 3.92. The highest BCUT2D eigenvalue weighted by Gasteiger charge is 2.09. The molecule has 0 saturated heterocycles. The van der Waals surface area contributed by atoms with Crippen LogP contribution in [0, 0.1) is 18.3 Å². The largest absolute Gasteiger partial charge is 0.392 e. The highest BCUT2D eigenvalue weighted by Crippen LogP contribution is 2.22. The number of nitrogens with zero attached hydrogens (tertiary/aromatic N) is 2. The van der Waals surface area contributed by atoms with E-state index in [-0.39, 0.29) is 0 Å². The first-order chi connectivity index (χ1) is 6.15. The molecule has 5 heteroatoms. The lowest BCUT2D eigenvalue weighted by Gasteiger charge is -2.05. The molecule has 4 nitrogen and oxygen atoms in total. The van der Waals surface area contributed by atoms with Gasteiger partial charge in [-0.25, -0.2) is 0 Å². The van der Waals surface area contributed by atoms with Crippen molar-refractivity contribution in [2.24, 2.45) is 0 Å². The fraction of sp³-hybridized carbons (Fsp3) is 0.500. The van der Waals surface area contributed by atoms with Crippen LogP contribution in [-0.2, 0) is 0 Å². The van der Waals surface area contributed by atoms with Crippen LogP contribution in [-0.4, -0.2) is 22.1 Å². The molecule has 0 spiro atoms. The lowest BCUT2D eigenvalue weighted by molar-refractivity contribution is 0.208. The van der Waals surface area contributed by atoms with E-state index in [2.05, 4.69) is 15.8 Å². The lowest BCUT2D eigenvalue weighted by atomic mass is 10.3. The number of aryl methyl sites for hydroxylation is 1. The Hall–Kier alpha value is -1.12. The minimum absolute atomic E-state index is 0.422. The summed E-state index contributed by atoms with van der Waals surface area (Å²) >= 11 is 1.25. The average molecular weight is 197 g/mol. The van der Waals surface area contributed by atoms with E-state index in [1.54, 1.807) is 13.8 Å². The third-order valence-electron chi connectivity index (χ3n) is 1.53. The predicted octanol–water partition coefficient (Wildman–Crippen LogP) is 1.12. The quantitative estimate of drug-likeness (QED) is 0.761. The number of aliphatic hydroxyl groups excluding tert-OH is 1. The van der Waals surface area contributed by atoms with Crippen LogP contribution in [0.25, 0.3) is 0 Å². The first-order valence-corrected chi connectivity index (χ1v) is 4.70. The molecule has 0 aliphatic carbocycles. The van der Waals surface area contributed by atoms with Crippen molar-refractivity contribution in [2.45, 2.75) is 20.0 Å². The topological polar surface area (TPSA) is 68.9 Å². The molecule has 0 radical (unpaired) electrons. The van der Waals surface area contributed by atoms with Gasteiger partial charge in [-0.2, -0.15) is 9.64 Å². The predicted molar refractivity (Wildman–Crippen MR) is 51.7 cm³/mol. The summed E-state index contributed by atoms with van der Waals surface area (Å²) in [5.41, 5.74) is 1.31. The summed E-state index contributed by atoms with van der Waals surface area (Å²) in [5, 5.41) is 21.5. The van der Waals surface area contributed by atoms with Gasteiger partial charge in [0.1, 0.15) is 16.6 Å². The SMILES string of the molecule is Cc1nsc(NCC(C)O)c1C#N. The zero-order valence-corrected chi connectivity index (χ0v) is 8.35. The maximum absolute atomic E-state index is 9.02. The maximum atomic E-state index is 9.02. The second-order valence-corrected chi connectivity index (χ2v) is 3.59. The van der Waals surface area contributed by atoms with Crippen LogP contribution in [0.15, 0.2) is 0 Å². The molecule has 1 aromatic rings. The number of anilines is 1. The Bertz CT molecular complexity index is 327. The monoisotopic (exact) mass is 197 g/mol. The molecule has 0 aliphatic heterocycles. The molecule has 13 heavy (non-hydrogen) atoms. The van der Waals surface area contributed by atoms with Gasteiger partial charge in [0.15, 0.2) is 0 Å². The van der Waals surface area contributed by atoms with Crippen LogP contribution in [0.4, 0.5) is 5.00 Å². The molecule has 70 valence electrons. The van der Waals surface area contributed by atoms with Gasteiger partial charge >= 0.3 is 0 Å². The van der Waals surface area contributed by atoms with E-state index in [0.29, 0.717) is 12.1 Å². The third-order valence-corrected chi connectivity index (χ3v) is 2.43. The van der Waals surface area contributed by atoms with Crippen molar-refractivity contribution < 1.29 is 5.11 Å². The zero-order valence-electron chi connectivity index (χ0n) is 7.53. The number of aliphatic hydroxyl groups is 1. The summed E-state index contributed by atoms with van der Waals surface area (Å²) in [5.74, 6) is 0. The first kappa shape index (κ1) is 9.96.